The Hall–Kier alpha value is -5.22. The number of aromatic nitrogens is 2. The summed E-state index contributed by atoms with van der Waals surface area (Å²) in [6.07, 6.45) is 3.54. The van der Waals surface area contributed by atoms with E-state index < -0.39 is 0 Å². The Bertz CT molecular complexity index is 2350. The van der Waals surface area contributed by atoms with E-state index >= 15 is 4.39 Å². The van der Waals surface area contributed by atoms with Gasteiger partial charge in [-0.05, 0) is 69.5 Å². The Morgan fingerprint density at radius 1 is 0.625 bits per heavy atom. The summed E-state index contributed by atoms with van der Waals surface area (Å²) in [6, 6.07) is 47.8. The van der Waals surface area contributed by atoms with Gasteiger partial charge in [0.1, 0.15) is 11.4 Å². The summed E-state index contributed by atoms with van der Waals surface area (Å²) in [6.45, 7) is 4.46. The molecule has 0 spiro atoms. The van der Waals surface area contributed by atoms with E-state index in [-0.39, 0.29) is 31.3 Å². The summed E-state index contributed by atoms with van der Waals surface area (Å²) in [4.78, 5) is 8.69. The van der Waals surface area contributed by atoms with Crippen molar-refractivity contribution in [1.82, 2.24) is 9.97 Å². The molecule has 1 radical (unpaired) electrons. The zero-order chi connectivity index (χ0) is 32.0. The van der Waals surface area contributed by atoms with Crippen LogP contribution >= 0.6 is 0 Å². The predicted molar refractivity (Wildman–Crippen MR) is 187 cm³/mol. The van der Waals surface area contributed by atoms with E-state index in [1.807, 2.05) is 78.9 Å². The molecule has 0 fully saturated rings. The first-order valence-electron chi connectivity index (χ1n) is 15.6. The molecule has 5 aromatic carbocycles. The van der Waals surface area contributed by atoms with Crippen LogP contribution in [-0.2, 0) is 25.5 Å². The second kappa shape index (κ2) is 12.8. The maximum Gasteiger partial charge on any atom is 0.134 e. The SMILES string of the molecule is CC1(C)c2ccccc2-c2ccc(-c3c(F)ccc4c3oc3c(-c5ccccn5)[c-]ccc34)cc21.[Ir].[c-]1ccccc1-c1ccccn1. The van der Waals surface area contributed by atoms with Gasteiger partial charge in [-0.2, -0.15) is 0 Å². The molecule has 0 aliphatic heterocycles. The van der Waals surface area contributed by atoms with Gasteiger partial charge in [-0.1, -0.05) is 85.5 Å². The molecule has 3 aromatic heterocycles. The molecular formula is C43H29FIrN2O-2. The summed E-state index contributed by atoms with van der Waals surface area (Å²) in [5.74, 6) is -0.298. The Morgan fingerprint density at radius 3 is 2.08 bits per heavy atom. The van der Waals surface area contributed by atoms with Crippen LogP contribution in [0.25, 0.3) is 66.7 Å². The van der Waals surface area contributed by atoms with Gasteiger partial charge in [0.2, 0.25) is 0 Å². The fraction of sp³-hybridized carbons (Fsp3) is 0.0698. The molecule has 5 heteroatoms. The van der Waals surface area contributed by atoms with Gasteiger partial charge in [-0.15, -0.1) is 54.1 Å². The van der Waals surface area contributed by atoms with Crippen LogP contribution in [0.2, 0.25) is 0 Å². The number of rotatable bonds is 3. The van der Waals surface area contributed by atoms with Gasteiger partial charge in [-0.25, -0.2) is 4.39 Å². The summed E-state index contributed by atoms with van der Waals surface area (Å²) in [5.41, 5.74) is 10.9. The maximum absolute atomic E-state index is 15.5. The maximum atomic E-state index is 15.5. The second-order valence-electron chi connectivity index (χ2n) is 12.1. The number of hydrogen-bond donors (Lipinski definition) is 0. The third-order valence-electron chi connectivity index (χ3n) is 8.99. The molecule has 3 nitrogen and oxygen atoms in total. The summed E-state index contributed by atoms with van der Waals surface area (Å²) < 4.78 is 21.9. The van der Waals surface area contributed by atoms with Crippen molar-refractivity contribution in [1.29, 1.82) is 0 Å². The third-order valence-corrected chi connectivity index (χ3v) is 8.99. The summed E-state index contributed by atoms with van der Waals surface area (Å²) in [7, 11) is 0. The average Bonchev–Trinajstić information content (AvgIpc) is 3.61. The van der Waals surface area contributed by atoms with E-state index in [1.165, 1.54) is 28.3 Å². The first-order valence-corrected chi connectivity index (χ1v) is 15.6. The molecule has 1 aliphatic rings. The first kappa shape index (κ1) is 31.4. The minimum atomic E-state index is -0.298. The van der Waals surface area contributed by atoms with Crippen LogP contribution < -0.4 is 0 Å². The van der Waals surface area contributed by atoms with Crippen LogP contribution in [0.15, 0.2) is 144 Å². The largest absolute Gasteiger partial charge is 0.500 e. The van der Waals surface area contributed by atoms with Crippen molar-refractivity contribution >= 4 is 21.9 Å². The molecular weight excluding hydrogens is 772 g/mol. The number of benzene rings is 5. The van der Waals surface area contributed by atoms with Crippen LogP contribution in [0.1, 0.15) is 25.0 Å². The van der Waals surface area contributed by atoms with E-state index in [1.54, 1.807) is 18.5 Å². The zero-order valence-electron chi connectivity index (χ0n) is 26.3. The standard InChI is InChI=1S/C32H21FNO.C11H8N.Ir/c1-32(2)25-11-4-3-8-20(25)21-14-13-19(18-26(21)32)29-27(33)16-15-23-22-9-7-10-24(30(22)35-31(23)29)28-12-5-6-17-34-28;1-2-6-10(7-3-1)11-8-4-5-9-12-11;/h3-9,11-18H,1-2H3;1-6,8-9H;/q2*-1;. The van der Waals surface area contributed by atoms with E-state index in [0.29, 0.717) is 16.7 Å². The van der Waals surface area contributed by atoms with Crippen molar-refractivity contribution in [3.05, 3.63) is 169 Å². The summed E-state index contributed by atoms with van der Waals surface area (Å²) in [5, 5.41) is 1.81. The van der Waals surface area contributed by atoms with E-state index in [9.17, 15) is 0 Å². The molecule has 0 atom stereocenters. The predicted octanol–water partition coefficient (Wildman–Crippen LogP) is 11.1. The minimum Gasteiger partial charge on any atom is -0.500 e. The van der Waals surface area contributed by atoms with Crippen LogP contribution in [0.5, 0.6) is 0 Å². The number of pyridine rings is 2. The molecule has 0 N–H and O–H groups in total. The fourth-order valence-corrected chi connectivity index (χ4v) is 6.69. The smallest absolute Gasteiger partial charge is 0.134 e. The topological polar surface area (TPSA) is 38.9 Å². The Morgan fingerprint density at radius 2 is 1.33 bits per heavy atom. The van der Waals surface area contributed by atoms with Crippen LogP contribution in [0.3, 0.4) is 0 Å². The molecule has 0 bridgehead atoms. The van der Waals surface area contributed by atoms with Crippen molar-refractivity contribution in [2.24, 2.45) is 0 Å². The Labute approximate surface area is 292 Å². The molecule has 0 saturated heterocycles. The van der Waals surface area contributed by atoms with Gasteiger partial charge in [-0.3, -0.25) is 0 Å². The second-order valence-corrected chi connectivity index (χ2v) is 12.1. The third kappa shape index (κ3) is 5.35. The molecule has 9 rings (SSSR count). The minimum absolute atomic E-state index is 0. The number of nitrogens with zero attached hydrogens (tertiary/aromatic N) is 2. The van der Waals surface area contributed by atoms with Crippen LogP contribution in [0.4, 0.5) is 4.39 Å². The van der Waals surface area contributed by atoms with E-state index in [4.69, 9.17) is 4.42 Å². The Balaban J connectivity index is 0.000000237. The van der Waals surface area contributed by atoms with Gasteiger partial charge in [0.25, 0.3) is 0 Å². The van der Waals surface area contributed by atoms with Crippen LogP contribution in [0, 0.1) is 17.9 Å². The monoisotopic (exact) mass is 801 g/mol. The van der Waals surface area contributed by atoms with Crippen molar-refractivity contribution < 1.29 is 28.9 Å². The molecule has 0 unspecified atom stereocenters. The summed E-state index contributed by atoms with van der Waals surface area (Å²) >= 11 is 0. The Kier molecular flexibility index (Phi) is 8.34. The van der Waals surface area contributed by atoms with Gasteiger partial charge in [0, 0.05) is 43.3 Å². The molecule has 235 valence electrons. The van der Waals surface area contributed by atoms with Gasteiger partial charge in [0.05, 0.1) is 11.1 Å². The van der Waals surface area contributed by atoms with E-state index in [2.05, 4.69) is 72.3 Å². The van der Waals surface area contributed by atoms with Crippen molar-refractivity contribution in [3.8, 4) is 44.8 Å². The molecule has 1 aliphatic carbocycles. The van der Waals surface area contributed by atoms with Gasteiger partial charge < -0.3 is 14.4 Å². The number of halogens is 1. The number of fused-ring (bicyclic) bond motifs is 6. The normalized spacial score (nSPS) is 12.5. The van der Waals surface area contributed by atoms with E-state index in [0.717, 1.165) is 38.9 Å². The molecule has 48 heavy (non-hydrogen) atoms. The molecule has 0 saturated carbocycles. The number of furan rings is 1. The molecule has 0 amide bonds. The quantitative estimate of drug-likeness (QED) is 0.167. The first-order chi connectivity index (χ1) is 23.0. The average molecular weight is 801 g/mol. The van der Waals surface area contributed by atoms with Gasteiger partial charge >= 0.3 is 0 Å². The van der Waals surface area contributed by atoms with Crippen molar-refractivity contribution in [3.63, 3.8) is 0 Å². The van der Waals surface area contributed by atoms with Crippen molar-refractivity contribution in [2.45, 2.75) is 19.3 Å². The zero-order valence-corrected chi connectivity index (χ0v) is 28.7. The number of hydrogen-bond acceptors (Lipinski definition) is 3. The molecule has 3 heterocycles. The fourth-order valence-electron chi connectivity index (χ4n) is 6.69. The van der Waals surface area contributed by atoms with Crippen molar-refractivity contribution in [2.75, 3.05) is 0 Å². The van der Waals surface area contributed by atoms with Gasteiger partial charge in [0.15, 0.2) is 0 Å². The van der Waals surface area contributed by atoms with Crippen LogP contribution in [-0.4, -0.2) is 9.97 Å². The molecule has 8 aromatic rings.